The summed E-state index contributed by atoms with van der Waals surface area (Å²) in [7, 11) is 0. The van der Waals surface area contributed by atoms with Crippen molar-refractivity contribution in [2.45, 2.75) is 13.8 Å². The molecule has 6 nitrogen and oxygen atoms in total. The van der Waals surface area contributed by atoms with Gasteiger partial charge in [0.1, 0.15) is 11.5 Å². The number of carbonyl (C=O) groups excluding carboxylic acids is 1. The predicted octanol–water partition coefficient (Wildman–Crippen LogP) is 1.28. The van der Waals surface area contributed by atoms with Gasteiger partial charge in [-0.2, -0.15) is 0 Å². The van der Waals surface area contributed by atoms with Crippen molar-refractivity contribution in [2.24, 2.45) is 5.92 Å². The summed E-state index contributed by atoms with van der Waals surface area (Å²) in [5.74, 6) is -2.59. The van der Waals surface area contributed by atoms with Crippen molar-refractivity contribution in [3.05, 3.63) is 23.8 Å². The Bertz CT molecular complexity index is 486. The molecule has 104 valence electrons. The largest absolute Gasteiger partial charge is 0.508 e. The first-order valence-electron chi connectivity index (χ1n) is 5.90. The van der Waals surface area contributed by atoms with Crippen LogP contribution in [0.15, 0.2) is 18.2 Å². The molecule has 1 rings (SSSR count). The van der Waals surface area contributed by atoms with Crippen molar-refractivity contribution in [3.63, 3.8) is 0 Å². The van der Waals surface area contributed by atoms with E-state index in [0.29, 0.717) is 6.54 Å². The first-order chi connectivity index (χ1) is 8.86. The van der Waals surface area contributed by atoms with E-state index in [4.69, 9.17) is 5.11 Å². The van der Waals surface area contributed by atoms with Crippen LogP contribution in [0, 0.1) is 5.92 Å². The molecule has 1 unspecified atom stereocenters. The second-order valence-corrected chi connectivity index (χ2v) is 4.28. The van der Waals surface area contributed by atoms with Crippen molar-refractivity contribution in [1.82, 2.24) is 4.90 Å². The molecule has 0 saturated carbocycles. The minimum absolute atomic E-state index is 0.0414. The molecular weight excluding hydrogens is 250 g/mol. The minimum atomic E-state index is -0.994. The molecule has 19 heavy (non-hydrogen) atoms. The van der Waals surface area contributed by atoms with Gasteiger partial charge >= 0.3 is 5.97 Å². The Labute approximate surface area is 110 Å². The standard InChI is InChI=1S/C13H17NO5/c1-3-14(7-8(2)13(18)19)12(17)10-6-9(15)4-5-11(10)16/h4-6,8,15-16H,3,7H2,1-2H3,(H,18,19). The lowest BCUT2D eigenvalue weighted by atomic mass is 10.1. The van der Waals surface area contributed by atoms with Gasteiger partial charge in [-0.1, -0.05) is 6.92 Å². The molecule has 0 aliphatic carbocycles. The minimum Gasteiger partial charge on any atom is -0.508 e. The Morgan fingerprint density at radius 3 is 2.47 bits per heavy atom. The number of aromatic hydroxyl groups is 2. The van der Waals surface area contributed by atoms with E-state index in [1.807, 2.05) is 0 Å². The van der Waals surface area contributed by atoms with Crippen LogP contribution in [0.1, 0.15) is 24.2 Å². The van der Waals surface area contributed by atoms with E-state index in [0.717, 1.165) is 6.07 Å². The van der Waals surface area contributed by atoms with Crippen LogP contribution >= 0.6 is 0 Å². The number of carbonyl (C=O) groups is 2. The van der Waals surface area contributed by atoms with Gasteiger partial charge < -0.3 is 20.2 Å². The summed E-state index contributed by atoms with van der Waals surface area (Å²) in [6, 6.07) is 3.64. The van der Waals surface area contributed by atoms with E-state index in [2.05, 4.69) is 0 Å². The molecule has 0 aliphatic heterocycles. The zero-order valence-electron chi connectivity index (χ0n) is 10.8. The number of hydrogen-bond donors (Lipinski definition) is 3. The monoisotopic (exact) mass is 267 g/mol. The number of benzene rings is 1. The van der Waals surface area contributed by atoms with Gasteiger partial charge in [0.25, 0.3) is 5.91 Å². The molecule has 0 saturated heterocycles. The Kier molecular flexibility index (Phi) is 4.74. The van der Waals surface area contributed by atoms with Gasteiger partial charge in [-0.3, -0.25) is 9.59 Å². The van der Waals surface area contributed by atoms with Gasteiger partial charge in [0, 0.05) is 13.1 Å². The van der Waals surface area contributed by atoms with E-state index in [1.54, 1.807) is 6.92 Å². The topological polar surface area (TPSA) is 98.1 Å². The van der Waals surface area contributed by atoms with Crippen LogP contribution in [-0.2, 0) is 4.79 Å². The van der Waals surface area contributed by atoms with E-state index in [9.17, 15) is 19.8 Å². The van der Waals surface area contributed by atoms with Crippen molar-refractivity contribution in [2.75, 3.05) is 13.1 Å². The molecule has 3 N–H and O–H groups in total. The Hall–Kier alpha value is -2.24. The number of hydrogen-bond acceptors (Lipinski definition) is 4. The number of amides is 1. The fourth-order valence-electron chi connectivity index (χ4n) is 1.63. The van der Waals surface area contributed by atoms with Crippen molar-refractivity contribution in [3.8, 4) is 11.5 Å². The van der Waals surface area contributed by atoms with Crippen molar-refractivity contribution < 1.29 is 24.9 Å². The lowest BCUT2D eigenvalue weighted by Gasteiger charge is -2.23. The molecule has 0 fully saturated rings. The number of nitrogens with zero attached hydrogens (tertiary/aromatic N) is 1. The highest BCUT2D eigenvalue weighted by atomic mass is 16.4. The Morgan fingerprint density at radius 1 is 1.32 bits per heavy atom. The third-order valence-electron chi connectivity index (χ3n) is 2.80. The third-order valence-corrected chi connectivity index (χ3v) is 2.80. The Morgan fingerprint density at radius 2 is 1.95 bits per heavy atom. The summed E-state index contributed by atoms with van der Waals surface area (Å²) in [5, 5.41) is 27.8. The molecule has 1 aromatic carbocycles. The van der Waals surface area contributed by atoms with E-state index in [-0.39, 0.29) is 23.6 Å². The normalized spacial score (nSPS) is 11.9. The highest BCUT2D eigenvalue weighted by Crippen LogP contribution is 2.23. The van der Waals surface area contributed by atoms with Gasteiger partial charge in [-0.15, -0.1) is 0 Å². The van der Waals surface area contributed by atoms with E-state index >= 15 is 0 Å². The van der Waals surface area contributed by atoms with Gasteiger partial charge in [-0.25, -0.2) is 0 Å². The first-order valence-corrected chi connectivity index (χ1v) is 5.90. The molecular formula is C13H17NO5. The number of phenols is 2. The third kappa shape index (κ3) is 3.61. The molecule has 0 aliphatic rings. The smallest absolute Gasteiger partial charge is 0.308 e. The Balaban J connectivity index is 2.95. The number of rotatable bonds is 5. The molecule has 1 aromatic rings. The SMILES string of the molecule is CCN(CC(C)C(=O)O)C(=O)c1cc(O)ccc1O. The van der Waals surface area contributed by atoms with Gasteiger partial charge in [0.15, 0.2) is 0 Å². The quantitative estimate of drug-likeness (QED) is 0.698. The van der Waals surface area contributed by atoms with Crippen LogP contribution in [0.5, 0.6) is 11.5 Å². The zero-order valence-corrected chi connectivity index (χ0v) is 10.8. The summed E-state index contributed by atoms with van der Waals surface area (Å²) in [6.45, 7) is 3.57. The predicted molar refractivity (Wildman–Crippen MR) is 68.1 cm³/mol. The summed E-state index contributed by atoms with van der Waals surface area (Å²) in [6.07, 6.45) is 0. The van der Waals surface area contributed by atoms with E-state index in [1.165, 1.54) is 24.0 Å². The lowest BCUT2D eigenvalue weighted by Crippen LogP contribution is -2.36. The van der Waals surface area contributed by atoms with Gasteiger partial charge in [-0.05, 0) is 25.1 Å². The number of carboxylic acids is 1. The average molecular weight is 267 g/mol. The summed E-state index contributed by atoms with van der Waals surface area (Å²) < 4.78 is 0. The maximum absolute atomic E-state index is 12.2. The molecule has 1 amide bonds. The number of aliphatic carboxylic acids is 1. The maximum Gasteiger partial charge on any atom is 0.308 e. The van der Waals surface area contributed by atoms with Crippen LogP contribution in [0.25, 0.3) is 0 Å². The molecule has 0 bridgehead atoms. The van der Waals surface area contributed by atoms with Crippen LogP contribution in [0.4, 0.5) is 0 Å². The lowest BCUT2D eigenvalue weighted by molar-refractivity contribution is -0.141. The molecule has 1 atom stereocenters. The van der Waals surface area contributed by atoms with Crippen LogP contribution in [-0.4, -0.2) is 45.2 Å². The first kappa shape index (κ1) is 14.8. The van der Waals surface area contributed by atoms with E-state index < -0.39 is 17.8 Å². The second-order valence-electron chi connectivity index (χ2n) is 4.28. The van der Waals surface area contributed by atoms with Crippen LogP contribution < -0.4 is 0 Å². The molecule has 0 spiro atoms. The van der Waals surface area contributed by atoms with Crippen LogP contribution in [0.3, 0.4) is 0 Å². The highest BCUT2D eigenvalue weighted by Gasteiger charge is 2.22. The van der Waals surface area contributed by atoms with Gasteiger partial charge in [0.2, 0.25) is 0 Å². The summed E-state index contributed by atoms with van der Waals surface area (Å²) in [4.78, 5) is 24.3. The average Bonchev–Trinajstić information content (AvgIpc) is 2.37. The molecule has 6 heteroatoms. The molecule has 0 radical (unpaired) electrons. The number of phenolic OH excluding ortho intramolecular Hbond substituents is 2. The molecule has 0 aromatic heterocycles. The summed E-state index contributed by atoms with van der Waals surface area (Å²) in [5.41, 5.74) is -0.0422. The second kappa shape index (κ2) is 6.08. The fourth-order valence-corrected chi connectivity index (χ4v) is 1.63. The summed E-state index contributed by atoms with van der Waals surface area (Å²) >= 11 is 0. The van der Waals surface area contributed by atoms with Gasteiger partial charge in [0.05, 0.1) is 11.5 Å². The number of carboxylic acid groups (broad SMARTS) is 1. The maximum atomic E-state index is 12.2. The van der Waals surface area contributed by atoms with Crippen LogP contribution in [0.2, 0.25) is 0 Å². The molecule has 0 heterocycles. The van der Waals surface area contributed by atoms with Crippen molar-refractivity contribution >= 4 is 11.9 Å². The highest BCUT2D eigenvalue weighted by molar-refractivity contribution is 5.97. The zero-order chi connectivity index (χ0) is 14.6. The fraction of sp³-hybridized carbons (Fsp3) is 0.385. The van der Waals surface area contributed by atoms with Crippen molar-refractivity contribution in [1.29, 1.82) is 0 Å².